The summed E-state index contributed by atoms with van der Waals surface area (Å²) in [4.78, 5) is 20.2. The number of nitrogens with one attached hydrogen (secondary N) is 3. The molecule has 1 aromatic heterocycles. The van der Waals surface area contributed by atoms with Crippen molar-refractivity contribution in [1.82, 2.24) is 20.9 Å². The summed E-state index contributed by atoms with van der Waals surface area (Å²) in [6.45, 7) is 3.75. The van der Waals surface area contributed by atoms with E-state index in [9.17, 15) is 4.79 Å². The van der Waals surface area contributed by atoms with Gasteiger partial charge < -0.3 is 20.4 Å². The highest BCUT2D eigenvalue weighted by molar-refractivity contribution is 14.0. The maximum Gasteiger partial charge on any atom is 0.226 e. The van der Waals surface area contributed by atoms with Gasteiger partial charge in [-0.1, -0.05) is 17.7 Å². The largest absolute Gasteiger partial charge is 0.444 e. The molecule has 0 spiro atoms. The van der Waals surface area contributed by atoms with Crippen LogP contribution in [0, 0.1) is 12.8 Å². The first-order valence-electron chi connectivity index (χ1n) is 8.89. The molecule has 3 rings (SSSR count). The molecule has 1 fully saturated rings. The second kappa shape index (κ2) is 10.3. The van der Waals surface area contributed by atoms with E-state index < -0.39 is 0 Å². The van der Waals surface area contributed by atoms with Crippen molar-refractivity contribution < 1.29 is 9.21 Å². The molecule has 1 saturated carbocycles. The lowest BCUT2D eigenvalue weighted by Gasteiger charge is -2.11. The Morgan fingerprint density at radius 2 is 1.89 bits per heavy atom. The predicted molar refractivity (Wildman–Crippen MR) is 116 cm³/mol. The molecule has 1 aliphatic carbocycles. The van der Waals surface area contributed by atoms with E-state index in [1.165, 1.54) is 5.56 Å². The summed E-state index contributed by atoms with van der Waals surface area (Å²) in [7, 11) is 1.71. The standard InChI is InChI=1S/C19H25N5O2.HI/c1-13-3-5-15(6-4-13)18-24-16(12-26-18)11-23-19(20-2)22-10-9-21-17(25)14-7-8-14;/h3-6,12,14H,7-11H2,1-2H3,(H,21,25)(H2,20,22,23);1H. The first-order valence-corrected chi connectivity index (χ1v) is 8.89. The van der Waals surface area contributed by atoms with Crippen LogP contribution in [0.5, 0.6) is 0 Å². The zero-order chi connectivity index (χ0) is 18.4. The quantitative estimate of drug-likeness (QED) is 0.244. The van der Waals surface area contributed by atoms with Crippen LogP contribution in [0.1, 0.15) is 24.1 Å². The second-order valence-electron chi connectivity index (χ2n) is 6.43. The third-order valence-corrected chi connectivity index (χ3v) is 4.18. The highest BCUT2D eigenvalue weighted by Crippen LogP contribution is 2.28. The van der Waals surface area contributed by atoms with Gasteiger partial charge in [-0.05, 0) is 31.9 Å². The molecule has 1 amide bonds. The number of halogens is 1. The van der Waals surface area contributed by atoms with E-state index in [2.05, 4.69) is 25.9 Å². The minimum Gasteiger partial charge on any atom is -0.444 e. The first kappa shape index (κ1) is 21.2. The fraction of sp³-hybridized carbons (Fsp3) is 0.421. The summed E-state index contributed by atoms with van der Waals surface area (Å²) >= 11 is 0. The number of benzene rings is 1. The van der Waals surface area contributed by atoms with E-state index in [-0.39, 0.29) is 35.8 Å². The number of aryl methyl sites for hydroxylation is 1. The second-order valence-corrected chi connectivity index (χ2v) is 6.43. The molecule has 146 valence electrons. The van der Waals surface area contributed by atoms with Crippen LogP contribution in [-0.2, 0) is 11.3 Å². The Morgan fingerprint density at radius 3 is 2.56 bits per heavy atom. The fourth-order valence-electron chi connectivity index (χ4n) is 2.47. The third kappa shape index (κ3) is 6.53. The minimum atomic E-state index is 0. The lowest BCUT2D eigenvalue weighted by molar-refractivity contribution is -0.122. The van der Waals surface area contributed by atoms with Crippen molar-refractivity contribution in [3.05, 3.63) is 41.8 Å². The summed E-state index contributed by atoms with van der Waals surface area (Å²) in [5, 5.41) is 9.26. The van der Waals surface area contributed by atoms with Gasteiger partial charge in [0.2, 0.25) is 11.8 Å². The monoisotopic (exact) mass is 483 g/mol. The van der Waals surface area contributed by atoms with Crippen molar-refractivity contribution in [3.63, 3.8) is 0 Å². The Kier molecular flexibility index (Phi) is 8.08. The van der Waals surface area contributed by atoms with Crippen molar-refractivity contribution in [2.75, 3.05) is 20.1 Å². The van der Waals surface area contributed by atoms with Crippen LogP contribution in [0.3, 0.4) is 0 Å². The van der Waals surface area contributed by atoms with Crippen LogP contribution in [0.25, 0.3) is 11.5 Å². The lowest BCUT2D eigenvalue weighted by atomic mass is 10.1. The molecule has 2 aromatic rings. The molecule has 3 N–H and O–H groups in total. The van der Waals surface area contributed by atoms with Crippen molar-refractivity contribution in [2.45, 2.75) is 26.3 Å². The summed E-state index contributed by atoms with van der Waals surface area (Å²) in [5.74, 6) is 1.65. The van der Waals surface area contributed by atoms with Crippen molar-refractivity contribution in [1.29, 1.82) is 0 Å². The van der Waals surface area contributed by atoms with E-state index >= 15 is 0 Å². The lowest BCUT2D eigenvalue weighted by Crippen LogP contribution is -2.41. The molecular formula is C19H26IN5O2. The SMILES string of the molecule is CN=C(NCCNC(=O)C1CC1)NCc1coc(-c2ccc(C)cc2)n1.I. The van der Waals surface area contributed by atoms with Gasteiger partial charge in [0.05, 0.1) is 12.2 Å². The van der Waals surface area contributed by atoms with Gasteiger partial charge in [-0.15, -0.1) is 24.0 Å². The molecule has 1 heterocycles. The van der Waals surface area contributed by atoms with E-state index in [0.717, 1.165) is 24.1 Å². The molecule has 8 heteroatoms. The van der Waals surface area contributed by atoms with Gasteiger partial charge in [0.25, 0.3) is 0 Å². The first-order chi connectivity index (χ1) is 12.7. The average molecular weight is 483 g/mol. The van der Waals surface area contributed by atoms with Crippen molar-refractivity contribution >= 4 is 35.8 Å². The Hall–Kier alpha value is -2.10. The number of nitrogens with zero attached hydrogens (tertiary/aromatic N) is 2. The molecule has 0 atom stereocenters. The number of guanidine groups is 1. The van der Waals surface area contributed by atoms with Gasteiger partial charge >= 0.3 is 0 Å². The van der Waals surface area contributed by atoms with Crippen molar-refractivity contribution in [2.24, 2.45) is 10.9 Å². The van der Waals surface area contributed by atoms with Crippen LogP contribution >= 0.6 is 24.0 Å². The van der Waals surface area contributed by atoms with Gasteiger partial charge in [-0.3, -0.25) is 9.79 Å². The number of hydrogen-bond acceptors (Lipinski definition) is 4. The third-order valence-electron chi connectivity index (χ3n) is 4.18. The maximum atomic E-state index is 11.6. The topological polar surface area (TPSA) is 91.5 Å². The number of carbonyl (C=O) groups excluding carboxylic acids is 1. The Balaban J connectivity index is 0.00000261. The Morgan fingerprint density at radius 1 is 1.19 bits per heavy atom. The number of aliphatic imine (C=N–C) groups is 1. The summed E-state index contributed by atoms with van der Waals surface area (Å²) in [6.07, 6.45) is 3.68. The summed E-state index contributed by atoms with van der Waals surface area (Å²) in [6, 6.07) is 8.06. The highest BCUT2D eigenvalue weighted by Gasteiger charge is 2.28. The van der Waals surface area contributed by atoms with Gasteiger partial charge in [0.15, 0.2) is 5.96 Å². The van der Waals surface area contributed by atoms with Gasteiger partial charge in [0, 0.05) is 31.6 Å². The van der Waals surface area contributed by atoms with Crippen molar-refractivity contribution in [3.8, 4) is 11.5 Å². The van der Waals surface area contributed by atoms with Crippen LogP contribution in [0.4, 0.5) is 0 Å². The number of carbonyl (C=O) groups is 1. The van der Waals surface area contributed by atoms with E-state index in [1.54, 1.807) is 13.3 Å². The molecule has 27 heavy (non-hydrogen) atoms. The molecule has 0 radical (unpaired) electrons. The fourth-order valence-corrected chi connectivity index (χ4v) is 2.47. The number of rotatable bonds is 7. The molecule has 1 aromatic carbocycles. The Labute approximate surface area is 176 Å². The number of hydrogen-bond donors (Lipinski definition) is 3. The number of aromatic nitrogens is 1. The van der Waals surface area contributed by atoms with Crippen LogP contribution in [0.2, 0.25) is 0 Å². The molecule has 7 nitrogen and oxygen atoms in total. The molecule has 1 aliphatic rings. The summed E-state index contributed by atoms with van der Waals surface area (Å²) < 4.78 is 5.55. The van der Waals surface area contributed by atoms with Crippen LogP contribution in [0.15, 0.2) is 39.9 Å². The molecule has 0 unspecified atom stereocenters. The number of amides is 1. The zero-order valence-electron chi connectivity index (χ0n) is 15.6. The van der Waals surface area contributed by atoms with Crippen LogP contribution in [-0.4, -0.2) is 37.0 Å². The number of oxazole rings is 1. The van der Waals surface area contributed by atoms with E-state index in [4.69, 9.17) is 4.42 Å². The molecule has 0 aliphatic heterocycles. The Bertz CT molecular complexity index is 769. The molecule has 0 bridgehead atoms. The smallest absolute Gasteiger partial charge is 0.226 e. The van der Waals surface area contributed by atoms with E-state index in [1.807, 2.05) is 31.2 Å². The van der Waals surface area contributed by atoms with Crippen LogP contribution < -0.4 is 16.0 Å². The molecular weight excluding hydrogens is 457 g/mol. The predicted octanol–water partition coefficient (Wildman–Crippen LogP) is 2.46. The zero-order valence-corrected chi connectivity index (χ0v) is 17.9. The van der Waals surface area contributed by atoms with Gasteiger partial charge in [0.1, 0.15) is 6.26 Å². The van der Waals surface area contributed by atoms with E-state index in [0.29, 0.717) is 31.5 Å². The molecule has 0 saturated heterocycles. The minimum absolute atomic E-state index is 0. The average Bonchev–Trinajstić information content (AvgIpc) is 3.40. The normalized spacial score (nSPS) is 13.6. The maximum absolute atomic E-state index is 11.6. The van der Waals surface area contributed by atoms with Gasteiger partial charge in [-0.2, -0.15) is 0 Å². The highest BCUT2D eigenvalue weighted by atomic mass is 127. The van der Waals surface area contributed by atoms with Gasteiger partial charge in [-0.25, -0.2) is 4.98 Å². The summed E-state index contributed by atoms with van der Waals surface area (Å²) in [5.41, 5.74) is 2.95.